The number of carbonyl (C=O) groups is 2. The third kappa shape index (κ3) is 5.43. The zero-order chi connectivity index (χ0) is 30.4. The van der Waals surface area contributed by atoms with Crippen LogP contribution in [0.15, 0.2) is 43.1 Å². The van der Waals surface area contributed by atoms with Crippen molar-refractivity contribution in [2.75, 3.05) is 23.9 Å². The van der Waals surface area contributed by atoms with E-state index >= 15 is 0 Å². The molecule has 0 spiro atoms. The molecule has 2 aliphatic rings. The van der Waals surface area contributed by atoms with E-state index in [9.17, 15) is 22.8 Å². The van der Waals surface area contributed by atoms with Crippen LogP contribution in [-0.2, 0) is 16.1 Å². The number of nitrogens with zero attached hydrogens (tertiary/aromatic N) is 7. The van der Waals surface area contributed by atoms with Gasteiger partial charge in [-0.15, -0.1) is 0 Å². The molecular formula is C28H24ClF3N8O3. The second kappa shape index (κ2) is 11.3. The molecule has 1 aliphatic heterocycles. The van der Waals surface area contributed by atoms with Crippen LogP contribution in [0.2, 0.25) is 5.02 Å². The number of benzene rings is 1. The van der Waals surface area contributed by atoms with Crippen LogP contribution in [0.1, 0.15) is 53.1 Å². The van der Waals surface area contributed by atoms with E-state index in [-0.39, 0.29) is 46.6 Å². The second-order valence-corrected chi connectivity index (χ2v) is 10.7. The Morgan fingerprint density at radius 2 is 1.95 bits per heavy atom. The number of methoxy groups -OCH3 is 1. The van der Waals surface area contributed by atoms with Gasteiger partial charge in [-0.3, -0.25) is 24.2 Å². The minimum absolute atomic E-state index is 0.0642. The molecule has 0 bridgehead atoms. The molecule has 15 heteroatoms. The van der Waals surface area contributed by atoms with Crippen molar-refractivity contribution in [2.45, 2.75) is 32.4 Å². The first-order chi connectivity index (χ1) is 20.7. The largest absolute Gasteiger partial charge is 0.378 e. The Bertz CT molecular complexity index is 1720. The van der Waals surface area contributed by atoms with Gasteiger partial charge in [0, 0.05) is 54.9 Å². The lowest BCUT2D eigenvalue weighted by molar-refractivity contribution is -0.118. The highest BCUT2D eigenvalue weighted by atomic mass is 35.5. The molecule has 4 aromatic rings. The molecule has 1 saturated carbocycles. The van der Waals surface area contributed by atoms with Gasteiger partial charge in [0.05, 0.1) is 47.1 Å². The number of hydrogen-bond donors (Lipinski definition) is 1. The molecule has 3 aromatic heterocycles. The zero-order valence-electron chi connectivity index (χ0n) is 22.8. The number of amides is 2. The number of halogens is 4. The van der Waals surface area contributed by atoms with Crippen molar-refractivity contribution in [3.8, 4) is 11.3 Å². The molecule has 1 N–H and O–H groups in total. The van der Waals surface area contributed by atoms with Gasteiger partial charge in [0.15, 0.2) is 11.5 Å². The molecule has 3 atom stereocenters. The van der Waals surface area contributed by atoms with Gasteiger partial charge in [-0.05, 0) is 25.3 Å². The van der Waals surface area contributed by atoms with Crippen LogP contribution in [0, 0.1) is 17.7 Å². The van der Waals surface area contributed by atoms with Crippen molar-refractivity contribution in [1.29, 1.82) is 0 Å². The minimum Gasteiger partial charge on any atom is -0.378 e. The quantitative estimate of drug-likeness (QED) is 0.284. The number of rotatable bonds is 9. The number of fused-ring (bicyclic) bond motifs is 1. The van der Waals surface area contributed by atoms with Crippen molar-refractivity contribution in [2.24, 2.45) is 11.8 Å². The number of alkyl halides is 2. The molecule has 2 fully saturated rings. The lowest BCUT2D eigenvalue weighted by atomic mass is 10.0. The summed E-state index contributed by atoms with van der Waals surface area (Å²) in [5, 5.41) is 6.60. The number of ether oxygens (including phenoxy) is 1. The molecule has 1 aromatic carbocycles. The van der Waals surface area contributed by atoms with Gasteiger partial charge in [-0.2, -0.15) is 5.10 Å². The average molecular weight is 613 g/mol. The fraction of sp³-hybridized carbons (Fsp3) is 0.321. The molecule has 0 radical (unpaired) electrons. The van der Waals surface area contributed by atoms with Gasteiger partial charge < -0.3 is 10.1 Å². The average Bonchev–Trinajstić information content (AvgIpc) is 3.50. The van der Waals surface area contributed by atoms with Crippen LogP contribution in [0.5, 0.6) is 0 Å². The fourth-order valence-corrected chi connectivity index (χ4v) is 5.22. The van der Waals surface area contributed by atoms with Gasteiger partial charge in [-0.25, -0.2) is 28.1 Å². The van der Waals surface area contributed by atoms with Crippen molar-refractivity contribution in [1.82, 2.24) is 29.7 Å². The van der Waals surface area contributed by atoms with Crippen LogP contribution in [0.4, 0.5) is 24.8 Å². The fourth-order valence-electron chi connectivity index (χ4n) is 5.07. The Morgan fingerprint density at radius 1 is 1.19 bits per heavy atom. The molecule has 0 unspecified atom stereocenters. The van der Waals surface area contributed by atoms with Crippen molar-refractivity contribution >= 4 is 35.1 Å². The summed E-state index contributed by atoms with van der Waals surface area (Å²) < 4.78 is 49.0. The Labute approximate surface area is 248 Å². The summed E-state index contributed by atoms with van der Waals surface area (Å²) in [4.78, 5) is 44.3. The van der Waals surface area contributed by atoms with Gasteiger partial charge in [0.2, 0.25) is 11.9 Å². The Balaban J connectivity index is 1.22. The third-order valence-electron chi connectivity index (χ3n) is 7.52. The molecule has 222 valence electrons. The van der Waals surface area contributed by atoms with E-state index in [0.29, 0.717) is 24.1 Å². The molecule has 2 amide bonds. The number of aromatic nitrogens is 6. The molecule has 6 rings (SSSR count). The first-order valence-corrected chi connectivity index (χ1v) is 13.6. The monoisotopic (exact) mass is 612 g/mol. The first kappa shape index (κ1) is 28.7. The topological polar surface area (TPSA) is 128 Å². The van der Waals surface area contributed by atoms with E-state index in [1.807, 2.05) is 6.92 Å². The highest BCUT2D eigenvalue weighted by Gasteiger charge is 2.53. The number of hydrogen-bond acceptors (Lipinski definition) is 8. The smallest absolute Gasteiger partial charge is 0.276 e. The normalized spacial score (nSPS) is 18.2. The zero-order valence-corrected chi connectivity index (χ0v) is 23.6. The molecular weight excluding hydrogens is 589 g/mol. The molecule has 43 heavy (non-hydrogen) atoms. The summed E-state index contributed by atoms with van der Waals surface area (Å²) in [6.45, 7) is 2.38. The van der Waals surface area contributed by atoms with E-state index in [0.717, 1.165) is 30.3 Å². The summed E-state index contributed by atoms with van der Waals surface area (Å²) in [6.07, 6.45) is 5.25. The molecule has 1 aliphatic carbocycles. The second-order valence-electron chi connectivity index (χ2n) is 10.3. The SMILES string of the molecule is COCc1ncc(-c2c(C(F)F)ccc(Cl)c2F)nc1C(=O)Nc1cnn([C@@H](C)c2cnc(N3C[C@H]4C[C@H]4C3=O)nc2)c1. The minimum atomic E-state index is -3.03. The van der Waals surface area contributed by atoms with Crippen molar-refractivity contribution in [3.05, 3.63) is 76.5 Å². The van der Waals surface area contributed by atoms with Crippen LogP contribution >= 0.6 is 11.6 Å². The van der Waals surface area contributed by atoms with Gasteiger partial charge >= 0.3 is 0 Å². The molecule has 11 nitrogen and oxygen atoms in total. The summed E-state index contributed by atoms with van der Waals surface area (Å²) in [5.74, 6) is -0.901. The Hall–Kier alpha value is -4.43. The standard InChI is InChI=1S/C28H24ClF3N8O3/c1-13(15-6-34-28(35-7-15)39-10-14-5-18(14)27(39)42)40-11-16(8-36-40)37-26(41)24-21(12-43-2)33-9-20(38-24)22-17(25(31)32)3-4-19(29)23(22)30/h3-4,6-9,11,13-14,18,25H,5,10,12H2,1-2H3,(H,37,41)/t13-,14+,18+/m0/s1. The summed E-state index contributed by atoms with van der Waals surface area (Å²) >= 11 is 5.85. The summed E-state index contributed by atoms with van der Waals surface area (Å²) in [6, 6.07) is 1.70. The highest BCUT2D eigenvalue weighted by Crippen LogP contribution is 2.46. The third-order valence-corrected chi connectivity index (χ3v) is 7.82. The van der Waals surface area contributed by atoms with E-state index < -0.39 is 29.3 Å². The maximum Gasteiger partial charge on any atom is 0.276 e. The number of anilines is 2. The van der Waals surface area contributed by atoms with Gasteiger partial charge in [-0.1, -0.05) is 17.7 Å². The van der Waals surface area contributed by atoms with Crippen LogP contribution in [0.25, 0.3) is 11.3 Å². The van der Waals surface area contributed by atoms with Gasteiger partial charge in [0.1, 0.15) is 0 Å². The summed E-state index contributed by atoms with van der Waals surface area (Å²) in [5.41, 5.74) is -0.600. The van der Waals surface area contributed by atoms with E-state index in [1.54, 1.807) is 28.2 Å². The van der Waals surface area contributed by atoms with Crippen molar-refractivity contribution < 1.29 is 27.5 Å². The highest BCUT2D eigenvalue weighted by molar-refractivity contribution is 6.31. The van der Waals surface area contributed by atoms with Crippen molar-refractivity contribution in [3.63, 3.8) is 0 Å². The molecule has 1 saturated heterocycles. The number of piperidine rings is 1. The Kier molecular flexibility index (Phi) is 7.56. The maximum atomic E-state index is 14.9. The maximum absolute atomic E-state index is 14.9. The first-order valence-electron chi connectivity index (χ1n) is 13.3. The van der Waals surface area contributed by atoms with Crippen LogP contribution < -0.4 is 10.2 Å². The Morgan fingerprint density at radius 3 is 2.63 bits per heavy atom. The predicted molar refractivity (Wildman–Crippen MR) is 148 cm³/mol. The summed E-state index contributed by atoms with van der Waals surface area (Å²) in [7, 11) is 1.38. The predicted octanol–water partition coefficient (Wildman–Crippen LogP) is 4.85. The van der Waals surface area contributed by atoms with E-state index in [1.165, 1.54) is 13.3 Å². The lowest BCUT2D eigenvalue weighted by Gasteiger charge is -2.17. The van der Waals surface area contributed by atoms with E-state index in [2.05, 4.69) is 30.4 Å². The lowest BCUT2D eigenvalue weighted by Crippen LogP contribution is -2.29. The number of nitrogens with one attached hydrogen (secondary N) is 1. The van der Waals surface area contributed by atoms with E-state index in [4.69, 9.17) is 16.3 Å². The van der Waals surface area contributed by atoms with Gasteiger partial charge in [0.25, 0.3) is 12.3 Å². The van der Waals surface area contributed by atoms with Crippen LogP contribution in [-0.4, -0.2) is 55.2 Å². The van der Waals surface area contributed by atoms with Crippen LogP contribution in [0.3, 0.4) is 0 Å². The molecule has 4 heterocycles. The number of carbonyl (C=O) groups excluding carboxylic acids is 2.